The average Bonchev–Trinajstić information content (AvgIpc) is 3.53. The van der Waals surface area contributed by atoms with Gasteiger partial charge in [0.05, 0.1) is 24.1 Å². The summed E-state index contributed by atoms with van der Waals surface area (Å²) in [7, 11) is 0. The van der Waals surface area contributed by atoms with Crippen molar-refractivity contribution >= 4 is 23.6 Å². The van der Waals surface area contributed by atoms with Crippen molar-refractivity contribution in [1.29, 1.82) is 0 Å². The lowest BCUT2D eigenvalue weighted by Crippen LogP contribution is -2.57. The average molecular weight is 473 g/mol. The number of aliphatic hydroxyl groups excluding tert-OH is 1. The Morgan fingerprint density at radius 3 is 2.71 bits per heavy atom. The van der Waals surface area contributed by atoms with E-state index in [1.807, 2.05) is 0 Å². The SMILES string of the molecule is C[C@@H](O)[C@@H]1NC(=O)C[C@@H](C(=O)NCC2CC2)NC(=O)c2ccccc2OC[C@H]2CCCN2C1=O. The number of carbonyl (C=O) groups is 4. The molecule has 0 radical (unpaired) electrons. The zero-order valence-corrected chi connectivity index (χ0v) is 19.3. The first-order valence-electron chi connectivity index (χ1n) is 11.9. The molecular formula is C24H32N4O6. The number of hydrogen-bond acceptors (Lipinski definition) is 6. The number of amides is 4. The highest BCUT2D eigenvalue weighted by Gasteiger charge is 2.37. The minimum atomic E-state index is -1.16. The smallest absolute Gasteiger partial charge is 0.255 e. The molecule has 1 saturated carbocycles. The molecule has 184 valence electrons. The molecular weight excluding hydrogens is 440 g/mol. The Morgan fingerprint density at radius 2 is 1.97 bits per heavy atom. The molecule has 0 aromatic heterocycles. The van der Waals surface area contributed by atoms with E-state index in [1.165, 1.54) is 6.92 Å². The van der Waals surface area contributed by atoms with Gasteiger partial charge in [-0.05, 0) is 50.7 Å². The number of para-hydroxylation sites is 1. The Kier molecular flexibility index (Phi) is 7.35. The Morgan fingerprint density at radius 1 is 1.21 bits per heavy atom. The fraction of sp³-hybridized carbons (Fsp3) is 0.583. The Labute approximate surface area is 198 Å². The van der Waals surface area contributed by atoms with Crippen molar-refractivity contribution in [2.75, 3.05) is 19.7 Å². The lowest BCUT2D eigenvalue weighted by Gasteiger charge is -2.31. The summed E-state index contributed by atoms with van der Waals surface area (Å²) in [5, 5.41) is 18.3. The monoisotopic (exact) mass is 472 g/mol. The minimum absolute atomic E-state index is 0.168. The van der Waals surface area contributed by atoms with Crippen molar-refractivity contribution in [2.24, 2.45) is 5.92 Å². The lowest BCUT2D eigenvalue weighted by molar-refractivity contribution is -0.140. The fourth-order valence-electron chi connectivity index (χ4n) is 4.39. The number of aliphatic hydroxyl groups is 1. The van der Waals surface area contributed by atoms with Gasteiger partial charge in [-0.1, -0.05) is 12.1 Å². The number of nitrogens with zero attached hydrogens (tertiary/aromatic N) is 1. The second-order valence-corrected chi connectivity index (χ2v) is 9.34. The number of ether oxygens (including phenoxy) is 1. The van der Waals surface area contributed by atoms with Gasteiger partial charge in [0, 0.05) is 13.1 Å². The maximum absolute atomic E-state index is 13.2. The molecule has 4 N–H and O–H groups in total. The maximum Gasteiger partial charge on any atom is 0.255 e. The van der Waals surface area contributed by atoms with Crippen LogP contribution in [0.5, 0.6) is 5.75 Å². The highest BCUT2D eigenvalue weighted by Crippen LogP contribution is 2.27. The van der Waals surface area contributed by atoms with Crippen molar-refractivity contribution in [3.05, 3.63) is 29.8 Å². The molecule has 2 fully saturated rings. The van der Waals surface area contributed by atoms with Gasteiger partial charge >= 0.3 is 0 Å². The lowest BCUT2D eigenvalue weighted by atomic mass is 10.1. The number of hydrogen-bond donors (Lipinski definition) is 4. The number of nitrogens with one attached hydrogen (secondary N) is 3. The molecule has 10 nitrogen and oxygen atoms in total. The Hall–Kier alpha value is -3.14. The van der Waals surface area contributed by atoms with Crippen LogP contribution in [0.15, 0.2) is 24.3 Å². The van der Waals surface area contributed by atoms with Gasteiger partial charge < -0.3 is 30.7 Å². The van der Waals surface area contributed by atoms with Crippen molar-refractivity contribution in [3.8, 4) is 5.75 Å². The summed E-state index contributed by atoms with van der Waals surface area (Å²) in [5.41, 5.74) is 0.248. The topological polar surface area (TPSA) is 137 Å². The number of fused-ring (bicyclic) bond motifs is 2. The molecule has 4 rings (SSSR count). The third-order valence-corrected chi connectivity index (χ3v) is 6.56. The molecule has 0 bridgehead atoms. The normalized spacial score (nSPS) is 26.8. The number of benzene rings is 1. The first-order valence-corrected chi connectivity index (χ1v) is 11.9. The zero-order valence-electron chi connectivity index (χ0n) is 19.3. The van der Waals surface area contributed by atoms with Gasteiger partial charge in [-0.15, -0.1) is 0 Å². The van der Waals surface area contributed by atoms with Crippen LogP contribution < -0.4 is 20.7 Å². The fourth-order valence-corrected chi connectivity index (χ4v) is 4.39. The molecule has 1 aromatic carbocycles. The van der Waals surface area contributed by atoms with Crippen molar-refractivity contribution in [3.63, 3.8) is 0 Å². The van der Waals surface area contributed by atoms with E-state index in [2.05, 4.69) is 16.0 Å². The predicted molar refractivity (Wildman–Crippen MR) is 122 cm³/mol. The van der Waals surface area contributed by atoms with Gasteiger partial charge in [0.25, 0.3) is 5.91 Å². The van der Waals surface area contributed by atoms with E-state index >= 15 is 0 Å². The summed E-state index contributed by atoms with van der Waals surface area (Å²) in [6.07, 6.45) is 2.06. The van der Waals surface area contributed by atoms with Crippen LogP contribution in [0.25, 0.3) is 0 Å². The molecule has 0 unspecified atom stereocenters. The van der Waals surface area contributed by atoms with Crippen molar-refractivity contribution in [2.45, 2.75) is 63.3 Å². The van der Waals surface area contributed by atoms with Crippen molar-refractivity contribution < 1.29 is 29.0 Å². The minimum Gasteiger partial charge on any atom is -0.491 e. The maximum atomic E-state index is 13.2. The molecule has 4 atom stereocenters. The third kappa shape index (κ3) is 5.67. The van der Waals surface area contributed by atoms with Crippen LogP contribution in [0.4, 0.5) is 0 Å². The van der Waals surface area contributed by atoms with E-state index in [0.717, 1.165) is 19.3 Å². The van der Waals surface area contributed by atoms with Gasteiger partial charge in [-0.25, -0.2) is 0 Å². The van der Waals surface area contributed by atoms with E-state index in [-0.39, 0.29) is 24.6 Å². The molecule has 1 saturated heterocycles. The molecule has 2 aliphatic heterocycles. The van der Waals surface area contributed by atoms with Crippen LogP contribution in [0.3, 0.4) is 0 Å². The molecule has 34 heavy (non-hydrogen) atoms. The predicted octanol–water partition coefficient (Wildman–Crippen LogP) is -0.0497. The van der Waals surface area contributed by atoms with Crippen LogP contribution >= 0.6 is 0 Å². The third-order valence-electron chi connectivity index (χ3n) is 6.56. The molecule has 1 aliphatic carbocycles. The summed E-state index contributed by atoms with van der Waals surface area (Å²) in [5.74, 6) is -1.24. The van der Waals surface area contributed by atoms with E-state index < -0.39 is 41.8 Å². The molecule has 2 heterocycles. The van der Waals surface area contributed by atoms with Crippen LogP contribution in [-0.2, 0) is 14.4 Å². The van der Waals surface area contributed by atoms with Crippen molar-refractivity contribution in [1.82, 2.24) is 20.9 Å². The molecule has 4 amide bonds. The van der Waals surface area contributed by atoms with E-state index in [4.69, 9.17) is 4.74 Å². The molecule has 0 spiro atoms. The highest BCUT2D eigenvalue weighted by molar-refractivity contribution is 6.01. The van der Waals surface area contributed by atoms with Crippen LogP contribution in [0.1, 0.15) is 49.4 Å². The first-order chi connectivity index (χ1) is 16.3. The number of rotatable bonds is 4. The Bertz CT molecular complexity index is 947. The van der Waals surface area contributed by atoms with Crippen LogP contribution in [0.2, 0.25) is 0 Å². The summed E-state index contributed by atoms with van der Waals surface area (Å²) in [6, 6.07) is 4.14. The first kappa shape index (κ1) is 24.0. The van der Waals surface area contributed by atoms with E-state index in [0.29, 0.717) is 31.2 Å². The molecule has 10 heteroatoms. The van der Waals surface area contributed by atoms with Crippen LogP contribution in [-0.4, -0.2) is 77.6 Å². The highest BCUT2D eigenvalue weighted by atomic mass is 16.5. The van der Waals surface area contributed by atoms with Gasteiger partial charge in [0.15, 0.2) is 0 Å². The molecule has 1 aromatic rings. The largest absolute Gasteiger partial charge is 0.491 e. The van der Waals surface area contributed by atoms with Gasteiger partial charge in [-0.3, -0.25) is 19.2 Å². The Balaban J connectivity index is 1.62. The summed E-state index contributed by atoms with van der Waals surface area (Å²) in [6.45, 7) is 2.57. The van der Waals surface area contributed by atoms with Gasteiger partial charge in [0.2, 0.25) is 17.7 Å². The van der Waals surface area contributed by atoms with E-state index in [1.54, 1.807) is 29.2 Å². The summed E-state index contributed by atoms with van der Waals surface area (Å²) in [4.78, 5) is 53.7. The zero-order chi connectivity index (χ0) is 24.2. The molecule has 3 aliphatic rings. The second-order valence-electron chi connectivity index (χ2n) is 9.34. The van der Waals surface area contributed by atoms with Gasteiger partial charge in [0.1, 0.15) is 24.4 Å². The number of carbonyl (C=O) groups excluding carboxylic acids is 4. The summed E-state index contributed by atoms with van der Waals surface area (Å²) < 4.78 is 5.96. The van der Waals surface area contributed by atoms with Gasteiger partial charge in [-0.2, -0.15) is 0 Å². The van der Waals surface area contributed by atoms with E-state index in [9.17, 15) is 24.3 Å². The second kappa shape index (κ2) is 10.4. The standard InChI is InChI=1S/C24H32N4O6/c1-14(29)21-24(33)28-10-4-5-16(28)13-34-19-7-3-2-6-17(19)22(31)26-18(11-20(30)27-21)23(32)25-12-15-8-9-15/h2-3,6-7,14-16,18,21,29H,4-5,8-13H2,1H3,(H,25,32)(H,26,31)(H,27,30)/t14-,16-,18+,21+/m1/s1. The van der Waals surface area contributed by atoms with Crippen LogP contribution in [0, 0.1) is 5.92 Å². The summed E-state index contributed by atoms with van der Waals surface area (Å²) >= 11 is 0. The quantitative estimate of drug-likeness (QED) is 0.485.